The maximum atomic E-state index is 12.6. The topological polar surface area (TPSA) is 77.8 Å². The van der Waals surface area contributed by atoms with Crippen molar-refractivity contribution >= 4 is 17.2 Å². The van der Waals surface area contributed by atoms with E-state index in [0.717, 1.165) is 5.69 Å². The van der Waals surface area contributed by atoms with Gasteiger partial charge in [0.15, 0.2) is 5.65 Å². The van der Waals surface area contributed by atoms with Gasteiger partial charge in [-0.2, -0.15) is 5.10 Å². The predicted molar refractivity (Wildman–Crippen MR) is 99.2 cm³/mol. The van der Waals surface area contributed by atoms with E-state index in [4.69, 9.17) is 9.47 Å². The summed E-state index contributed by atoms with van der Waals surface area (Å²) in [7, 11) is 3.11. The van der Waals surface area contributed by atoms with E-state index in [-0.39, 0.29) is 17.0 Å². The van der Waals surface area contributed by atoms with Gasteiger partial charge in [0.2, 0.25) is 0 Å². The highest BCUT2D eigenvalue weighted by Crippen LogP contribution is 2.29. The van der Waals surface area contributed by atoms with E-state index in [0.29, 0.717) is 22.8 Å². The van der Waals surface area contributed by atoms with Crippen LogP contribution in [0.2, 0.25) is 0 Å². The van der Waals surface area contributed by atoms with Crippen LogP contribution >= 0.6 is 0 Å². The van der Waals surface area contributed by atoms with Crippen molar-refractivity contribution < 1.29 is 14.3 Å². The van der Waals surface area contributed by atoms with E-state index in [1.807, 2.05) is 6.20 Å². The lowest BCUT2D eigenvalue weighted by molar-refractivity contribution is 0.102. The van der Waals surface area contributed by atoms with E-state index in [1.165, 1.54) is 0 Å². The normalized spacial score (nSPS) is 11.4. The van der Waals surface area contributed by atoms with Crippen LogP contribution in [0.3, 0.4) is 0 Å². The Hall–Kier alpha value is -3.09. The molecule has 1 aromatic carbocycles. The number of carbonyl (C=O) groups is 1. The number of fused-ring (bicyclic) bond motifs is 1. The number of nitrogens with zero attached hydrogens (tertiary/aromatic N) is 3. The Kier molecular flexibility index (Phi) is 4.54. The lowest BCUT2D eigenvalue weighted by Gasteiger charge is -2.13. The van der Waals surface area contributed by atoms with Gasteiger partial charge < -0.3 is 14.8 Å². The Morgan fingerprint density at radius 3 is 2.54 bits per heavy atom. The van der Waals surface area contributed by atoms with Gasteiger partial charge in [-0.05, 0) is 24.3 Å². The SMILES string of the molecule is COc1ccc(OC)c(NC(=O)c2ccc3nc(C(C)(C)C)cn3n2)c1. The summed E-state index contributed by atoms with van der Waals surface area (Å²) in [4.78, 5) is 17.2. The summed E-state index contributed by atoms with van der Waals surface area (Å²) in [5, 5.41) is 7.19. The maximum Gasteiger partial charge on any atom is 0.276 e. The van der Waals surface area contributed by atoms with Crippen LogP contribution in [0.5, 0.6) is 11.5 Å². The van der Waals surface area contributed by atoms with Crippen LogP contribution in [0, 0.1) is 0 Å². The molecule has 7 heteroatoms. The average molecular weight is 354 g/mol. The summed E-state index contributed by atoms with van der Waals surface area (Å²) in [5.74, 6) is 0.816. The highest BCUT2D eigenvalue weighted by Gasteiger charge is 2.19. The first-order chi connectivity index (χ1) is 12.3. The number of anilines is 1. The number of amides is 1. The Balaban J connectivity index is 1.90. The number of hydrogen-bond donors (Lipinski definition) is 1. The molecule has 3 rings (SSSR count). The van der Waals surface area contributed by atoms with Crippen LogP contribution in [0.4, 0.5) is 5.69 Å². The summed E-state index contributed by atoms with van der Waals surface area (Å²) < 4.78 is 12.1. The van der Waals surface area contributed by atoms with Gasteiger partial charge in [-0.1, -0.05) is 20.8 Å². The second kappa shape index (κ2) is 6.67. The van der Waals surface area contributed by atoms with E-state index in [1.54, 1.807) is 49.1 Å². The molecule has 0 saturated heterocycles. The van der Waals surface area contributed by atoms with Gasteiger partial charge in [0, 0.05) is 11.5 Å². The number of methoxy groups -OCH3 is 2. The summed E-state index contributed by atoms with van der Waals surface area (Å²) in [6, 6.07) is 8.62. The fourth-order valence-electron chi connectivity index (χ4n) is 2.46. The molecule has 136 valence electrons. The molecule has 0 aliphatic carbocycles. The molecule has 0 radical (unpaired) electrons. The largest absolute Gasteiger partial charge is 0.497 e. The van der Waals surface area contributed by atoms with Gasteiger partial charge in [-0.25, -0.2) is 9.50 Å². The van der Waals surface area contributed by atoms with Crippen molar-refractivity contribution in [3.05, 3.63) is 47.9 Å². The van der Waals surface area contributed by atoms with Gasteiger partial charge in [0.25, 0.3) is 5.91 Å². The van der Waals surface area contributed by atoms with E-state index in [2.05, 4.69) is 36.2 Å². The molecule has 0 bridgehead atoms. The van der Waals surface area contributed by atoms with Crippen LogP contribution < -0.4 is 14.8 Å². The minimum Gasteiger partial charge on any atom is -0.497 e. The molecule has 0 spiro atoms. The fourth-order valence-corrected chi connectivity index (χ4v) is 2.46. The van der Waals surface area contributed by atoms with Crippen molar-refractivity contribution in [2.24, 2.45) is 0 Å². The van der Waals surface area contributed by atoms with Gasteiger partial charge >= 0.3 is 0 Å². The van der Waals surface area contributed by atoms with Gasteiger partial charge in [-0.3, -0.25) is 4.79 Å². The number of ether oxygens (including phenoxy) is 2. The maximum absolute atomic E-state index is 12.6. The standard InChI is InChI=1S/C19H22N4O3/c1-19(2,3)16-11-23-17(21-16)9-7-13(22-23)18(24)20-14-10-12(25-4)6-8-15(14)26-5/h6-11H,1-5H3,(H,20,24). The van der Waals surface area contributed by atoms with Crippen molar-refractivity contribution in [3.63, 3.8) is 0 Å². The Labute approximate surface area is 152 Å². The highest BCUT2D eigenvalue weighted by atomic mass is 16.5. The van der Waals surface area contributed by atoms with Crippen LogP contribution in [-0.2, 0) is 5.41 Å². The zero-order valence-electron chi connectivity index (χ0n) is 15.5. The number of aromatic nitrogens is 3. The van der Waals surface area contributed by atoms with Gasteiger partial charge in [0.1, 0.15) is 17.2 Å². The van der Waals surface area contributed by atoms with E-state index >= 15 is 0 Å². The second-order valence-corrected chi connectivity index (χ2v) is 6.92. The lowest BCUT2D eigenvalue weighted by Crippen LogP contribution is -2.15. The molecule has 0 atom stereocenters. The Morgan fingerprint density at radius 1 is 1.12 bits per heavy atom. The molecule has 26 heavy (non-hydrogen) atoms. The van der Waals surface area contributed by atoms with Crippen molar-refractivity contribution in [2.45, 2.75) is 26.2 Å². The number of rotatable bonds is 4. The summed E-state index contributed by atoms with van der Waals surface area (Å²) in [5.41, 5.74) is 2.31. The molecule has 0 fully saturated rings. The Morgan fingerprint density at radius 2 is 1.88 bits per heavy atom. The number of hydrogen-bond acceptors (Lipinski definition) is 5. The molecule has 1 N–H and O–H groups in total. The number of benzene rings is 1. The lowest BCUT2D eigenvalue weighted by atomic mass is 9.93. The second-order valence-electron chi connectivity index (χ2n) is 6.92. The van der Waals surface area contributed by atoms with Gasteiger partial charge in [0.05, 0.1) is 31.8 Å². The van der Waals surface area contributed by atoms with E-state index in [9.17, 15) is 4.79 Å². The zero-order chi connectivity index (χ0) is 18.9. The van der Waals surface area contributed by atoms with Crippen LogP contribution in [0.15, 0.2) is 36.5 Å². The summed E-state index contributed by atoms with van der Waals surface area (Å²) >= 11 is 0. The Bertz CT molecular complexity index is 957. The third kappa shape index (κ3) is 3.46. The van der Waals surface area contributed by atoms with Crippen molar-refractivity contribution in [2.75, 3.05) is 19.5 Å². The monoisotopic (exact) mass is 354 g/mol. The molecule has 7 nitrogen and oxygen atoms in total. The number of nitrogens with one attached hydrogen (secondary N) is 1. The molecule has 0 aliphatic rings. The first kappa shape index (κ1) is 17.7. The summed E-state index contributed by atoms with van der Waals surface area (Å²) in [6.45, 7) is 6.24. The smallest absolute Gasteiger partial charge is 0.276 e. The van der Waals surface area contributed by atoms with Crippen LogP contribution in [0.1, 0.15) is 37.0 Å². The minimum absolute atomic E-state index is 0.0932. The van der Waals surface area contributed by atoms with Crippen LogP contribution in [0.25, 0.3) is 5.65 Å². The fraction of sp³-hybridized carbons (Fsp3) is 0.316. The third-order valence-corrected chi connectivity index (χ3v) is 3.98. The first-order valence-electron chi connectivity index (χ1n) is 8.22. The molecule has 0 unspecified atom stereocenters. The predicted octanol–water partition coefficient (Wildman–Crippen LogP) is 3.30. The van der Waals surface area contributed by atoms with E-state index < -0.39 is 0 Å². The van der Waals surface area contributed by atoms with Crippen molar-refractivity contribution in [1.29, 1.82) is 0 Å². The molecular formula is C19H22N4O3. The van der Waals surface area contributed by atoms with Gasteiger partial charge in [-0.15, -0.1) is 0 Å². The average Bonchev–Trinajstić information content (AvgIpc) is 3.05. The number of imidazole rings is 1. The molecule has 3 aromatic rings. The summed E-state index contributed by atoms with van der Waals surface area (Å²) in [6.07, 6.45) is 1.85. The quantitative estimate of drug-likeness (QED) is 0.778. The van der Waals surface area contributed by atoms with Crippen molar-refractivity contribution in [3.8, 4) is 11.5 Å². The molecular weight excluding hydrogens is 332 g/mol. The molecule has 1 amide bonds. The minimum atomic E-state index is -0.343. The van der Waals surface area contributed by atoms with Crippen LogP contribution in [-0.4, -0.2) is 34.7 Å². The first-order valence-corrected chi connectivity index (χ1v) is 8.22. The molecule has 2 heterocycles. The highest BCUT2D eigenvalue weighted by molar-refractivity contribution is 6.03. The molecule has 0 aliphatic heterocycles. The molecule has 0 saturated carbocycles. The zero-order valence-corrected chi connectivity index (χ0v) is 15.5. The third-order valence-electron chi connectivity index (χ3n) is 3.98. The molecule has 2 aromatic heterocycles. The van der Waals surface area contributed by atoms with Crippen molar-refractivity contribution in [1.82, 2.24) is 14.6 Å². The number of carbonyl (C=O) groups excluding carboxylic acids is 1.